The van der Waals surface area contributed by atoms with E-state index in [4.69, 9.17) is 13.6 Å². The molecule has 0 saturated heterocycles. The van der Waals surface area contributed by atoms with E-state index in [2.05, 4.69) is 74.4 Å². The van der Waals surface area contributed by atoms with Gasteiger partial charge >= 0.3 is 0 Å². The van der Waals surface area contributed by atoms with Crippen LogP contribution in [0.5, 0.6) is 0 Å². The van der Waals surface area contributed by atoms with E-state index in [1.807, 2.05) is 36.5 Å². The fraction of sp³-hybridized carbons (Fsp3) is 0.500. The van der Waals surface area contributed by atoms with Crippen molar-refractivity contribution in [3.8, 4) is 0 Å². The second kappa shape index (κ2) is 22.4. The monoisotopic (exact) mass is 512 g/mol. The fourth-order valence-electron chi connectivity index (χ4n) is 2.36. The van der Waals surface area contributed by atoms with Crippen molar-refractivity contribution < 1.29 is 13.6 Å². The molecular formula is C20H38O3P6. The summed E-state index contributed by atoms with van der Waals surface area (Å²) >= 11 is 0. The van der Waals surface area contributed by atoms with Gasteiger partial charge in [0, 0.05) is 18.0 Å². The van der Waals surface area contributed by atoms with Crippen LogP contribution in [0.15, 0.2) is 60.8 Å². The van der Waals surface area contributed by atoms with Crippen molar-refractivity contribution in [3.05, 3.63) is 60.8 Å². The average molecular weight is 512 g/mol. The van der Waals surface area contributed by atoms with Gasteiger partial charge in [0.15, 0.2) is 0 Å². The standard InChI is InChI=1S/C20H38O3P6/c1-3-5-11-14-18(23-29(26)27)15-12-9-7-8-10-13-17-20(22-28-25)19(21-24)16-6-4-2/h5,7-13,15,17-20,28H,3-4,6,14,16,24-27H2,1-2H3/b9-7-,10-8+,11-5-,15-12+,17-13+. The maximum atomic E-state index is 5.91. The molecule has 0 rings (SSSR count). The van der Waals surface area contributed by atoms with Crippen LogP contribution in [0, 0.1) is 0 Å². The summed E-state index contributed by atoms with van der Waals surface area (Å²) in [6, 6.07) is 0. The third-order valence-corrected chi connectivity index (χ3v) is 6.21. The molecular weight excluding hydrogens is 474 g/mol. The van der Waals surface area contributed by atoms with Crippen molar-refractivity contribution in [2.45, 2.75) is 64.3 Å². The van der Waals surface area contributed by atoms with Crippen molar-refractivity contribution in [2.24, 2.45) is 0 Å². The van der Waals surface area contributed by atoms with Gasteiger partial charge in [0.25, 0.3) is 0 Å². The molecule has 0 spiro atoms. The van der Waals surface area contributed by atoms with Gasteiger partial charge < -0.3 is 13.6 Å². The van der Waals surface area contributed by atoms with Gasteiger partial charge in [-0.2, -0.15) is 0 Å². The molecule has 166 valence electrons. The summed E-state index contributed by atoms with van der Waals surface area (Å²) in [6.45, 7) is 4.32. The Labute approximate surface area is 190 Å². The normalized spacial score (nSPS) is 16.8. The molecule has 0 heterocycles. The van der Waals surface area contributed by atoms with E-state index < -0.39 is 7.53 Å². The van der Waals surface area contributed by atoms with Gasteiger partial charge in [-0.15, -0.1) is 0 Å². The second-order valence-corrected chi connectivity index (χ2v) is 13.4. The average Bonchev–Trinajstić information content (AvgIpc) is 2.69. The summed E-state index contributed by atoms with van der Waals surface area (Å²) in [7, 11) is 10.2. The van der Waals surface area contributed by atoms with Crippen LogP contribution in [0.25, 0.3) is 0 Å². The van der Waals surface area contributed by atoms with Crippen molar-refractivity contribution in [2.75, 3.05) is 0 Å². The van der Waals surface area contributed by atoms with Gasteiger partial charge in [-0.3, -0.25) is 0 Å². The molecule has 0 aromatic heterocycles. The third kappa shape index (κ3) is 18.4. The highest BCUT2D eigenvalue weighted by Gasteiger charge is 2.18. The van der Waals surface area contributed by atoms with E-state index in [9.17, 15) is 0 Å². The van der Waals surface area contributed by atoms with Crippen LogP contribution in [-0.4, -0.2) is 18.3 Å². The largest absolute Gasteiger partial charge is 0.359 e. The predicted octanol–water partition coefficient (Wildman–Crippen LogP) is 8.06. The minimum atomic E-state index is -0.538. The van der Waals surface area contributed by atoms with Crippen LogP contribution >= 0.6 is 52.3 Å². The van der Waals surface area contributed by atoms with E-state index >= 15 is 0 Å². The fourth-order valence-corrected chi connectivity index (χ4v) is 4.92. The number of allylic oxidation sites excluding steroid dienone is 7. The lowest BCUT2D eigenvalue weighted by Crippen LogP contribution is -2.25. The Bertz CT molecular complexity index is 520. The first-order valence-corrected chi connectivity index (χ1v) is 17.5. The number of hydrogen-bond donors (Lipinski definition) is 0. The Morgan fingerprint density at radius 1 is 0.966 bits per heavy atom. The Balaban J connectivity index is 4.62. The van der Waals surface area contributed by atoms with Crippen LogP contribution in [0.3, 0.4) is 0 Å². The van der Waals surface area contributed by atoms with Crippen LogP contribution in [0.4, 0.5) is 0 Å². The van der Waals surface area contributed by atoms with E-state index in [0.717, 1.165) is 32.1 Å². The Hall–Kier alpha value is 1.16. The SMILES string of the molecule is CC/C=C\CC(/C=C/C=C\C=C\C=C\C(OPP)C(CCCC)OP)OP(P)P. The molecule has 0 aromatic rings. The zero-order valence-electron chi connectivity index (χ0n) is 17.5. The second-order valence-electron chi connectivity index (χ2n) is 6.18. The molecule has 0 fully saturated rings. The molecule has 8 unspecified atom stereocenters. The maximum Gasteiger partial charge on any atom is 0.107 e. The van der Waals surface area contributed by atoms with Crippen LogP contribution in [0.1, 0.15) is 46.0 Å². The van der Waals surface area contributed by atoms with E-state index in [1.165, 1.54) is 0 Å². The molecule has 3 nitrogen and oxygen atoms in total. The zero-order chi connectivity index (χ0) is 21.7. The van der Waals surface area contributed by atoms with E-state index in [1.54, 1.807) is 0 Å². The highest BCUT2D eigenvalue weighted by Crippen LogP contribution is 2.54. The molecule has 0 saturated carbocycles. The zero-order valence-corrected chi connectivity index (χ0v) is 24.0. The lowest BCUT2D eigenvalue weighted by atomic mass is 10.1. The smallest absolute Gasteiger partial charge is 0.107 e. The van der Waals surface area contributed by atoms with Crippen molar-refractivity contribution in [3.63, 3.8) is 0 Å². The summed E-state index contributed by atoms with van der Waals surface area (Å²) in [5.41, 5.74) is 0. The maximum absolute atomic E-state index is 5.91. The highest BCUT2D eigenvalue weighted by molar-refractivity contribution is 8.41. The summed E-state index contributed by atoms with van der Waals surface area (Å²) < 4.78 is 17.3. The molecule has 8 atom stereocenters. The van der Waals surface area contributed by atoms with Gasteiger partial charge in [0.05, 0.1) is 19.7 Å². The molecule has 0 radical (unpaired) electrons. The summed E-state index contributed by atoms with van der Waals surface area (Å²) in [5.74, 6) is 0. The molecule has 0 aliphatic carbocycles. The van der Waals surface area contributed by atoms with Crippen LogP contribution < -0.4 is 0 Å². The number of rotatable bonds is 17. The van der Waals surface area contributed by atoms with Gasteiger partial charge in [-0.1, -0.05) is 114 Å². The molecule has 0 bridgehead atoms. The van der Waals surface area contributed by atoms with E-state index in [-0.39, 0.29) is 18.3 Å². The van der Waals surface area contributed by atoms with E-state index in [0.29, 0.717) is 8.50 Å². The Morgan fingerprint density at radius 2 is 1.62 bits per heavy atom. The summed E-state index contributed by atoms with van der Waals surface area (Å²) in [4.78, 5) is 0. The first-order chi connectivity index (χ1) is 14.1. The molecule has 0 amide bonds. The van der Waals surface area contributed by atoms with Crippen molar-refractivity contribution in [1.29, 1.82) is 0 Å². The first kappa shape index (κ1) is 30.2. The van der Waals surface area contributed by atoms with Crippen LogP contribution in [0.2, 0.25) is 0 Å². The van der Waals surface area contributed by atoms with Gasteiger partial charge in [-0.25, -0.2) is 0 Å². The van der Waals surface area contributed by atoms with Crippen molar-refractivity contribution in [1.82, 2.24) is 0 Å². The summed E-state index contributed by atoms with van der Waals surface area (Å²) in [5, 5.41) is 0. The quantitative estimate of drug-likeness (QED) is 0.112. The van der Waals surface area contributed by atoms with Gasteiger partial charge in [0.1, 0.15) is 6.10 Å². The number of hydrogen-bond acceptors (Lipinski definition) is 3. The minimum absolute atomic E-state index is 0.0359. The predicted molar refractivity (Wildman–Crippen MR) is 149 cm³/mol. The first-order valence-electron chi connectivity index (χ1n) is 9.85. The molecule has 9 heteroatoms. The van der Waals surface area contributed by atoms with Crippen LogP contribution in [-0.2, 0) is 13.6 Å². The lowest BCUT2D eigenvalue weighted by molar-refractivity contribution is 0.104. The number of unbranched alkanes of at least 4 members (excludes halogenated alkanes) is 1. The molecule has 0 aliphatic heterocycles. The Morgan fingerprint density at radius 3 is 2.17 bits per heavy atom. The van der Waals surface area contributed by atoms with Gasteiger partial charge in [-0.05, 0) is 19.3 Å². The third-order valence-electron chi connectivity index (χ3n) is 3.80. The molecule has 0 aliphatic rings. The van der Waals surface area contributed by atoms with Gasteiger partial charge in [0.2, 0.25) is 0 Å². The topological polar surface area (TPSA) is 27.7 Å². The lowest BCUT2D eigenvalue weighted by Gasteiger charge is -2.22. The molecule has 0 aromatic carbocycles. The molecule has 29 heavy (non-hydrogen) atoms. The summed E-state index contributed by atoms with van der Waals surface area (Å²) in [6.07, 6.45) is 26.0. The minimum Gasteiger partial charge on any atom is -0.359 e. The van der Waals surface area contributed by atoms with Crippen molar-refractivity contribution >= 4 is 52.3 Å². The molecule has 0 N–H and O–H groups in total. The highest BCUT2D eigenvalue weighted by atomic mass is 32.4. The Kier molecular flexibility index (Phi) is 23.3.